The van der Waals surface area contributed by atoms with E-state index in [0.29, 0.717) is 18.7 Å². The lowest BCUT2D eigenvalue weighted by molar-refractivity contribution is -0.147. The number of amides is 1. The molecule has 5 saturated heterocycles. The van der Waals surface area contributed by atoms with Crippen molar-refractivity contribution >= 4 is 17.2 Å². The Labute approximate surface area is 239 Å². The molecule has 3 aromatic heterocycles. The van der Waals surface area contributed by atoms with Gasteiger partial charge in [-0.05, 0) is 74.7 Å². The molecule has 4 atom stereocenters. The van der Waals surface area contributed by atoms with Gasteiger partial charge >= 0.3 is 0 Å². The van der Waals surface area contributed by atoms with Gasteiger partial charge < -0.3 is 19.3 Å². The van der Waals surface area contributed by atoms with Crippen molar-refractivity contribution in [2.24, 2.45) is 17.8 Å². The monoisotopic (exact) mass is 553 g/mol. The van der Waals surface area contributed by atoms with Gasteiger partial charge in [-0.25, -0.2) is 9.50 Å². The van der Waals surface area contributed by atoms with E-state index in [0.717, 1.165) is 98.2 Å². The topological polar surface area (TPSA) is 99.2 Å². The van der Waals surface area contributed by atoms with Crippen LogP contribution in [0.3, 0.4) is 0 Å². The van der Waals surface area contributed by atoms with Crippen molar-refractivity contribution in [3.8, 4) is 22.9 Å². The van der Waals surface area contributed by atoms with Gasteiger partial charge in [0.25, 0.3) is 0 Å². The number of piperazine rings is 1. The van der Waals surface area contributed by atoms with Gasteiger partial charge in [0.15, 0.2) is 0 Å². The van der Waals surface area contributed by atoms with E-state index in [9.17, 15) is 10.1 Å². The number of carbonyl (C=O) groups is 1. The van der Waals surface area contributed by atoms with Gasteiger partial charge in [-0.3, -0.25) is 9.69 Å². The summed E-state index contributed by atoms with van der Waals surface area (Å²) in [6.07, 6.45) is 9.86. The van der Waals surface area contributed by atoms with Crippen LogP contribution in [-0.2, 0) is 9.53 Å². The number of likely N-dealkylation sites (tertiary alicyclic amines) is 1. The SMILES string of the molecule is N#Cc1cnn2cc(OCCC3C4COCC34)cc(-c3ccc(N4CC5CC(C4)N5C(=O)CN4CCCC4)nc3)c12. The number of hydrogen-bond acceptors (Lipinski definition) is 8. The van der Waals surface area contributed by atoms with Crippen molar-refractivity contribution in [3.63, 3.8) is 0 Å². The van der Waals surface area contributed by atoms with Crippen LogP contribution in [-0.4, -0.2) is 94.9 Å². The average molecular weight is 554 g/mol. The van der Waals surface area contributed by atoms with Crippen molar-refractivity contribution in [1.29, 1.82) is 5.26 Å². The van der Waals surface area contributed by atoms with Crippen molar-refractivity contribution in [1.82, 2.24) is 24.4 Å². The number of ether oxygens (including phenoxy) is 2. The van der Waals surface area contributed by atoms with Crippen molar-refractivity contribution in [2.75, 3.05) is 57.4 Å². The Hall–Kier alpha value is -3.68. The highest BCUT2D eigenvalue weighted by Gasteiger charge is 2.53. The fourth-order valence-electron chi connectivity index (χ4n) is 7.73. The minimum atomic E-state index is 0.270. The predicted octanol–water partition coefficient (Wildman–Crippen LogP) is 2.81. The standard InChI is InChI=1S/C31H35N7O3/c32-11-21-13-34-37-16-24(41-8-5-25-27-18-40-19-28(25)27)10-26(31(21)37)20-3-4-29(33-12-20)36-14-22-9-23(15-36)38(22)30(39)17-35-6-1-2-7-35/h3-4,10,12-13,16,22-23,25,27-28H,1-2,5-9,14-15,17-19H2. The molecule has 6 fully saturated rings. The normalized spacial score (nSPS) is 28.4. The number of nitrogens with zero attached hydrogens (tertiary/aromatic N) is 7. The highest BCUT2D eigenvalue weighted by Crippen LogP contribution is 2.52. The van der Waals surface area contributed by atoms with Gasteiger partial charge in [-0.15, -0.1) is 0 Å². The molecule has 6 aliphatic rings. The number of nitriles is 1. The summed E-state index contributed by atoms with van der Waals surface area (Å²) in [5, 5.41) is 14.2. The van der Waals surface area contributed by atoms with E-state index in [1.165, 1.54) is 12.8 Å². The maximum absolute atomic E-state index is 13.0. The summed E-state index contributed by atoms with van der Waals surface area (Å²) in [5.41, 5.74) is 3.08. The number of hydrogen-bond donors (Lipinski definition) is 0. The summed E-state index contributed by atoms with van der Waals surface area (Å²) in [4.78, 5) is 24.5. The first-order valence-corrected chi connectivity index (χ1v) is 15.0. The van der Waals surface area contributed by atoms with Crippen LogP contribution >= 0.6 is 0 Å². The van der Waals surface area contributed by atoms with Gasteiger partial charge in [0, 0.05) is 30.4 Å². The lowest BCUT2D eigenvalue weighted by Crippen LogP contribution is -2.71. The number of pyridine rings is 2. The smallest absolute Gasteiger partial charge is 0.237 e. The highest BCUT2D eigenvalue weighted by atomic mass is 16.5. The highest BCUT2D eigenvalue weighted by molar-refractivity contribution is 5.85. The van der Waals surface area contributed by atoms with Crippen LogP contribution in [0.2, 0.25) is 0 Å². The van der Waals surface area contributed by atoms with Crippen molar-refractivity contribution < 1.29 is 14.3 Å². The predicted molar refractivity (Wildman–Crippen MR) is 151 cm³/mol. The second-order valence-electron chi connectivity index (χ2n) is 12.4. The van der Waals surface area contributed by atoms with Gasteiger partial charge in [-0.2, -0.15) is 10.4 Å². The Balaban J connectivity index is 0.967. The molecular formula is C31H35N7O3. The van der Waals surface area contributed by atoms with Gasteiger partial charge in [-0.1, -0.05) is 0 Å². The molecule has 0 N–H and O–H groups in total. The zero-order valence-corrected chi connectivity index (χ0v) is 23.2. The molecule has 212 valence electrons. The molecule has 0 radical (unpaired) electrons. The minimum absolute atomic E-state index is 0.270. The van der Waals surface area contributed by atoms with Gasteiger partial charge in [0.1, 0.15) is 17.6 Å². The van der Waals surface area contributed by atoms with Crippen molar-refractivity contribution in [3.05, 3.63) is 42.4 Å². The van der Waals surface area contributed by atoms with Crippen LogP contribution in [0, 0.1) is 29.1 Å². The third-order valence-electron chi connectivity index (χ3n) is 9.98. The van der Waals surface area contributed by atoms with Crippen LogP contribution in [0.15, 0.2) is 36.8 Å². The fourth-order valence-corrected chi connectivity index (χ4v) is 7.73. The number of fused-ring (bicyclic) bond motifs is 4. The van der Waals surface area contributed by atoms with Crippen LogP contribution < -0.4 is 9.64 Å². The molecular weight excluding hydrogens is 518 g/mol. The van der Waals surface area contributed by atoms with E-state index in [-0.39, 0.29) is 18.0 Å². The van der Waals surface area contributed by atoms with Crippen LogP contribution in [0.4, 0.5) is 5.82 Å². The fraction of sp³-hybridized carbons (Fsp3) is 0.548. The molecule has 9 rings (SSSR count). The molecule has 5 aliphatic heterocycles. The molecule has 0 aromatic carbocycles. The summed E-state index contributed by atoms with van der Waals surface area (Å²) in [5.74, 6) is 4.09. The summed E-state index contributed by atoms with van der Waals surface area (Å²) in [6, 6.07) is 8.94. The van der Waals surface area contributed by atoms with Crippen LogP contribution in [0.1, 0.15) is 31.2 Å². The van der Waals surface area contributed by atoms with E-state index in [2.05, 4.69) is 38.0 Å². The van der Waals surface area contributed by atoms with E-state index < -0.39 is 0 Å². The molecule has 10 heteroatoms. The maximum atomic E-state index is 13.0. The molecule has 1 saturated carbocycles. The van der Waals surface area contributed by atoms with E-state index in [1.54, 1.807) is 10.7 Å². The second kappa shape index (κ2) is 10.00. The first kappa shape index (κ1) is 25.1. The Kier molecular flexibility index (Phi) is 6.11. The van der Waals surface area contributed by atoms with Crippen LogP contribution in [0.5, 0.6) is 5.75 Å². The lowest BCUT2D eigenvalue weighted by atomic mass is 9.87. The molecule has 1 aliphatic carbocycles. The molecule has 3 aromatic rings. The third-order valence-corrected chi connectivity index (χ3v) is 9.98. The van der Waals surface area contributed by atoms with Crippen molar-refractivity contribution in [2.45, 2.75) is 37.8 Å². The summed E-state index contributed by atoms with van der Waals surface area (Å²) in [6.45, 7) is 6.74. The minimum Gasteiger partial charge on any atom is -0.492 e. The number of aromatic nitrogens is 3. The molecule has 1 amide bonds. The number of anilines is 1. The molecule has 0 spiro atoms. The van der Waals surface area contributed by atoms with Gasteiger partial charge in [0.05, 0.1) is 61.9 Å². The Morgan fingerprint density at radius 1 is 1.12 bits per heavy atom. The Morgan fingerprint density at radius 3 is 2.66 bits per heavy atom. The second-order valence-corrected chi connectivity index (χ2v) is 12.4. The molecule has 10 nitrogen and oxygen atoms in total. The number of piperidine rings is 1. The molecule has 4 unspecified atom stereocenters. The molecule has 2 bridgehead atoms. The average Bonchev–Trinajstić information content (AvgIpc) is 3.49. The summed E-state index contributed by atoms with van der Waals surface area (Å²) < 4.78 is 13.4. The first-order valence-electron chi connectivity index (χ1n) is 15.0. The largest absolute Gasteiger partial charge is 0.492 e. The third kappa shape index (κ3) is 4.43. The van der Waals surface area contributed by atoms with E-state index in [1.807, 2.05) is 18.5 Å². The van der Waals surface area contributed by atoms with E-state index >= 15 is 0 Å². The van der Waals surface area contributed by atoms with E-state index in [4.69, 9.17) is 14.5 Å². The Bertz CT molecular complexity index is 1490. The summed E-state index contributed by atoms with van der Waals surface area (Å²) >= 11 is 0. The Morgan fingerprint density at radius 2 is 1.93 bits per heavy atom. The summed E-state index contributed by atoms with van der Waals surface area (Å²) in [7, 11) is 0. The van der Waals surface area contributed by atoms with Gasteiger partial charge in [0.2, 0.25) is 5.91 Å². The quantitative estimate of drug-likeness (QED) is 0.420. The number of rotatable bonds is 8. The van der Waals surface area contributed by atoms with Crippen LogP contribution in [0.25, 0.3) is 16.6 Å². The lowest BCUT2D eigenvalue weighted by Gasteiger charge is -2.56. The first-order chi connectivity index (χ1) is 20.2. The zero-order chi connectivity index (χ0) is 27.5. The zero-order valence-electron chi connectivity index (χ0n) is 23.2. The molecule has 8 heterocycles. The molecule has 41 heavy (non-hydrogen) atoms. The number of carbonyl (C=O) groups excluding carboxylic acids is 1. The maximum Gasteiger partial charge on any atom is 0.237 e.